The van der Waals surface area contributed by atoms with E-state index >= 15 is 0 Å². The molecule has 0 saturated carbocycles. The van der Waals surface area contributed by atoms with Gasteiger partial charge in [0.05, 0.1) is 5.69 Å². The molecule has 0 aliphatic carbocycles. The van der Waals surface area contributed by atoms with Crippen molar-refractivity contribution in [1.29, 1.82) is 0 Å². The van der Waals surface area contributed by atoms with Crippen molar-refractivity contribution in [3.05, 3.63) is 65.4 Å². The summed E-state index contributed by atoms with van der Waals surface area (Å²) in [5.74, 6) is 1.39. The highest BCUT2D eigenvalue weighted by atomic mass is 35.5. The molecule has 26 heavy (non-hydrogen) atoms. The second-order valence-electron chi connectivity index (χ2n) is 6.13. The predicted octanol–water partition coefficient (Wildman–Crippen LogP) is 5.01. The molecule has 3 aromatic rings. The molecule has 0 amide bonds. The number of anilines is 2. The van der Waals surface area contributed by atoms with Crippen molar-refractivity contribution in [3.8, 4) is 11.3 Å². The van der Waals surface area contributed by atoms with Crippen LogP contribution in [0.1, 0.15) is 25.8 Å². The smallest absolute Gasteiger partial charge is 0.225 e. The molecule has 0 fully saturated rings. The normalized spacial score (nSPS) is 11.8. The zero-order valence-corrected chi connectivity index (χ0v) is 15.7. The lowest BCUT2D eigenvalue weighted by atomic mass is 10.2. The Morgan fingerprint density at radius 2 is 1.77 bits per heavy atom. The van der Waals surface area contributed by atoms with Gasteiger partial charge in [-0.15, -0.1) is 0 Å². The highest BCUT2D eigenvalue weighted by molar-refractivity contribution is 6.30. The largest absolute Gasteiger partial charge is 0.366 e. The summed E-state index contributed by atoms with van der Waals surface area (Å²) in [7, 11) is 0. The van der Waals surface area contributed by atoms with Crippen LogP contribution in [-0.2, 0) is 6.54 Å². The summed E-state index contributed by atoms with van der Waals surface area (Å²) in [5, 5.41) is 7.46. The fourth-order valence-corrected chi connectivity index (χ4v) is 2.52. The van der Waals surface area contributed by atoms with Crippen LogP contribution in [0.3, 0.4) is 0 Å². The van der Waals surface area contributed by atoms with E-state index in [1.807, 2.05) is 42.5 Å². The summed E-state index contributed by atoms with van der Waals surface area (Å²) in [6.45, 7) is 4.90. The zero-order valence-electron chi connectivity index (χ0n) is 14.9. The van der Waals surface area contributed by atoms with Gasteiger partial charge in [0.25, 0.3) is 0 Å². The van der Waals surface area contributed by atoms with Crippen molar-refractivity contribution in [2.75, 3.05) is 10.6 Å². The van der Waals surface area contributed by atoms with Crippen LogP contribution in [0.15, 0.2) is 54.9 Å². The van der Waals surface area contributed by atoms with E-state index in [1.54, 1.807) is 12.4 Å². The van der Waals surface area contributed by atoms with Gasteiger partial charge in [-0.1, -0.05) is 30.7 Å². The number of aromatic nitrogens is 3. The Labute approximate surface area is 158 Å². The molecular weight excluding hydrogens is 346 g/mol. The molecule has 3 rings (SSSR count). The number of halogens is 1. The lowest BCUT2D eigenvalue weighted by Crippen LogP contribution is -2.16. The van der Waals surface area contributed by atoms with Crippen LogP contribution >= 0.6 is 11.6 Å². The minimum atomic E-state index is 0.298. The molecule has 1 atom stereocenters. The van der Waals surface area contributed by atoms with E-state index in [0.717, 1.165) is 34.1 Å². The van der Waals surface area contributed by atoms with Crippen molar-refractivity contribution in [2.24, 2.45) is 0 Å². The lowest BCUT2D eigenvalue weighted by molar-refractivity contribution is 0.753. The van der Waals surface area contributed by atoms with Crippen molar-refractivity contribution in [1.82, 2.24) is 15.0 Å². The summed E-state index contributed by atoms with van der Waals surface area (Å²) < 4.78 is 0. The highest BCUT2D eigenvalue weighted by Gasteiger charge is 2.09. The zero-order chi connectivity index (χ0) is 18.4. The Balaban J connectivity index is 1.85. The predicted molar refractivity (Wildman–Crippen MR) is 107 cm³/mol. The van der Waals surface area contributed by atoms with Gasteiger partial charge in [-0.3, -0.25) is 4.98 Å². The molecular formula is C20H22ClN5. The Morgan fingerprint density at radius 1 is 1.04 bits per heavy atom. The molecule has 134 valence electrons. The Hall–Kier alpha value is -2.66. The number of nitrogens with one attached hydrogen (secondary N) is 2. The van der Waals surface area contributed by atoms with Crippen LogP contribution in [0.4, 0.5) is 11.8 Å². The molecule has 2 N–H and O–H groups in total. The molecule has 1 aromatic carbocycles. The Kier molecular flexibility index (Phi) is 6.02. The first-order valence-corrected chi connectivity index (χ1v) is 9.06. The summed E-state index contributed by atoms with van der Waals surface area (Å²) in [5.41, 5.74) is 2.99. The van der Waals surface area contributed by atoms with Crippen LogP contribution in [-0.4, -0.2) is 21.0 Å². The number of nitrogens with zero attached hydrogens (tertiary/aromatic N) is 3. The van der Waals surface area contributed by atoms with Gasteiger partial charge in [-0.25, -0.2) is 4.98 Å². The molecule has 0 unspecified atom stereocenters. The molecule has 0 bridgehead atoms. The van der Waals surface area contributed by atoms with Crippen LogP contribution in [0.5, 0.6) is 0 Å². The molecule has 0 aliphatic rings. The molecule has 5 nitrogen and oxygen atoms in total. The van der Waals surface area contributed by atoms with Crippen molar-refractivity contribution in [2.45, 2.75) is 32.9 Å². The lowest BCUT2D eigenvalue weighted by Gasteiger charge is -2.14. The number of benzene rings is 1. The fourth-order valence-electron chi connectivity index (χ4n) is 2.39. The minimum Gasteiger partial charge on any atom is -0.366 e. The maximum absolute atomic E-state index is 5.95. The van der Waals surface area contributed by atoms with Gasteiger partial charge < -0.3 is 10.6 Å². The quantitative estimate of drug-likeness (QED) is 0.614. The van der Waals surface area contributed by atoms with E-state index in [4.69, 9.17) is 11.6 Å². The highest BCUT2D eigenvalue weighted by Crippen LogP contribution is 2.22. The monoisotopic (exact) mass is 367 g/mol. The van der Waals surface area contributed by atoms with Gasteiger partial charge >= 0.3 is 0 Å². The first-order valence-electron chi connectivity index (χ1n) is 8.68. The van der Waals surface area contributed by atoms with Crippen LogP contribution < -0.4 is 10.6 Å². The SMILES string of the molecule is CC[C@@H](C)Nc1nc(NCc2ccc(Cl)cc2)cc(-c2ccncc2)n1. The number of hydrogen-bond acceptors (Lipinski definition) is 5. The van der Waals surface area contributed by atoms with Crippen molar-refractivity contribution >= 4 is 23.4 Å². The molecule has 2 heterocycles. The molecule has 0 radical (unpaired) electrons. The summed E-state index contributed by atoms with van der Waals surface area (Å²) >= 11 is 5.95. The van der Waals surface area contributed by atoms with E-state index < -0.39 is 0 Å². The van der Waals surface area contributed by atoms with Gasteiger partial charge in [0.1, 0.15) is 5.82 Å². The van der Waals surface area contributed by atoms with Crippen LogP contribution in [0.2, 0.25) is 5.02 Å². The molecule has 0 aliphatic heterocycles. The second kappa shape index (κ2) is 8.63. The molecule has 0 saturated heterocycles. The van der Waals surface area contributed by atoms with Gasteiger partial charge in [-0.2, -0.15) is 4.98 Å². The van der Waals surface area contributed by atoms with E-state index in [-0.39, 0.29) is 0 Å². The maximum atomic E-state index is 5.95. The summed E-state index contributed by atoms with van der Waals surface area (Å²) in [4.78, 5) is 13.3. The average molecular weight is 368 g/mol. The third-order valence-corrected chi connectivity index (χ3v) is 4.33. The number of rotatable bonds is 7. The molecule has 2 aromatic heterocycles. The third kappa shape index (κ3) is 4.92. The van der Waals surface area contributed by atoms with Crippen molar-refractivity contribution in [3.63, 3.8) is 0 Å². The van der Waals surface area contributed by atoms with Gasteiger partial charge in [-0.05, 0) is 43.2 Å². The Morgan fingerprint density at radius 3 is 2.46 bits per heavy atom. The van der Waals surface area contributed by atoms with E-state index in [1.165, 1.54) is 0 Å². The third-order valence-electron chi connectivity index (χ3n) is 4.08. The fraction of sp³-hybridized carbons (Fsp3) is 0.250. The first-order chi connectivity index (χ1) is 12.6. The van der Waals surface area contributed by atoms with Crippen molar-refractivity contribution < 1.29 is 0 Å². The van der Waals surface area contributed by atoms with Crippen LogP contribution in [0.25, 0.3) is 11.3 Å². The van der Waals surface area contributed by atoms with Gasteiger partial charge in [0, 0.05) is 41.6 Å². The molecule has 6 heteroatoms. The van der Waals surface area contributed by atoms with E-state index in [2.05, 4.69) is 39.4 Å². The standard InChI is InChI=1S/C20H22ClN5/c1-3-14(2)24-20-25-18(16-8-10-22-11-9-16)12-19(26-20)23-13-15-4-6-17(21)7-5-15/h4-12,14H,3,13H2,1-2H3,(H2,23,24,25,26)/t14-/m1/s1. The topological polar surface area (TPSA) is 62.7 Å². The number of pyridine rings is 1. The minimum absolute atomic E-state index is 0.298. The van der Waals surface area contributed by atoms with Gasteiger partial charge in [0.2, 0.25) is 5.95 Å². The first kappa shape index (κ1) is 18.1. The Bertz CT molecular complexity index is 837. The number of hydrogen-bond donors (Lipinski definition) is 2. The summed E-state index contributed by atoms with van der Waals surface area (Å²) in [6.07, 6.45) is 4.52. The van der Waals surface area contributed by atoms with E-state index in [9.17, 15) is 0 Å². The summed E-state index contributed by atoms with van der Waals surface area (Å²) in [6, 6.07) is 13.9. The average Bonchev–Trinajstić information content (AvgIpc) is 2.68. The van der Waals surface area contributed by atoms with E-state index in [0.29, 0.717) is 18.5 Å². The molecule has 0 spiro atoms. The van der Waals surface area contributed by atoms with Gasteiger partial charge in [0.15, 0.2) is 0 Å². The van der Waals surface area contributed by atoms with Crippen LogP contribution in [0, 0.1) is 0 Å². The second-order valence-corrected chi connectivity index (χ2v) is 6.57. The maximum Gasteiger partial charge on any atom is 0.225 e.